The lowest BCUT2D eigenvalue weighted by atomic mass is 9.72. The smallest absolute Gasteiger partial charge is 0.406 e. The van der Waals surface area contributed by atoms with Crippen LogP contribution < -0.4 is 10.5 Å². The number of benzene rings is 1. The molecule has 1 saturated carbocycles. The largest absolute Gasteiger partial charge is 0.573 e. The molecule has 0 amide bonds. The highest BCUT2D eigenvalue weighted by molar-refractivity contribution is 5.32. The Morgan fingerprint density at radius 1 is 1.32 bits per heavy atom. The number of ether oxygens (including phenoxy) is 2. The van der Waals surface area contributed by atoms with Gasteiger partial charge in [-0.05, 0) is 37.0 Å². The Labute approximate surface area is 109 Å². The molecule has 0 heterocycles. The van der Waals surface area contributed by atoms with Crippen LogP contribution in [-0.2, 0) is 4.74 Å². The van der Waals surface area contributed by atoms with Crippen LogP contribution in [0.25, 0.3) is 0 Å². The first-order valence-corrected chi connectivity index (χ1v) is 6.03. The molecule has 0 aromatic heterocycles. The van der Waals surface area contributed by atoms with E-state index in [9.17, 15) is 13.2 Å². The molecule has 0 bridgehead atoms. The summed E-state index contributed by atoms with van der Waals surface area (Å²) in [6.07, 6.45) is -2.05. The number of alkyl halides is 3. The van der Waals surface area contributed by atoms with E-state index >= 15 is 0 Å². The fourth-order valence-electron chi connectivity index (χ4n) is 2.38. The highest BCUT2D eigenvalue weighted by Crippen LogP contribution is 2.44. The van der Waals surface area contributed by atoms with Crippen molar-refractivity contribution in [1.82, 2.24) is 0 Å². The van der Waals surface area contributed by atoms with Gasteiger partial charge >= 0.3 is 6.36 Å². The quantitative estimate of drug-likeness (QED) is 0.918. The normalized spacial score (nSPS) is 19.6. The molecule has 2 N–H and O–H groups in total. The number of methoxy groups -OCH3 is 1. The van der Waals surface area contributed by atoms with E-state index in [1.54, 1.807) is 13.2 Å². The van der Waals surface area contributed by atoms with Gasteiger partial charge in [0, 0.05) is 7.11 Å². The third-order valence-corrected chi connectivity index (χ3v) is 3.62. The van der Waals surface area contributed by atoms with Crippen LogP contribution in [0.4, 0.5) is 13.2 Å². The van der Waals surface area contributed by atoms with Gasteiger partial charge in [0.1, 0.15) is 5.75 Å². The molecule has 0 radical (unpaired) electrons. The number of halogens is 3. The van der Waals surface area contributed by atoms with Crippen molar-refractivity contribution in [2.24, 2.45) is 5.73 Å². The number of hydrogen-bond donors (Lipinski definition) is 1. The van der Waals surface area contributed by atoms with Crippen molar-refractivity contribution in [2.45, 2.75) is 37.3 Å². The van der Waals surface area contributed by atoms with Crippen molar-refractivity contribution in [2.75, 3.05) is 7.11 Å². The van der Waals surface area contributed by atoms with E-state index in [-0.39, 0.29) is 5.75 Å². The Morgan fingerprint density at radius 2 is 2.00 bits per heavy atom. The first-order chi connectivity index (χ1) is 8.86. The molecule has 1 aromatic rings. The highest BCUT2D eigenvalue weighted by Gasteiger charge is 2.43. The fraction of sp³-hybridized carbons (Fsp3) is 0.538. The van der Waals surface area contributed by atoms with E-state index in [0.29, 0.717) is 5.56 Å². The van der Waals surface area contributed by atoms with Crippen molar-refractivity contribution in [3.8, 4) is 5.75 Å². The molecule has 0 spiro atoms. The van der Waals surface area contributed by atoms with Crippen LogP contribution >= 0.6 is 0 Å². The Morgan fingerprint density at radius 3 is 2.47 bits per heavy atom. The average Bonchev–Trinajstić information content (AvgIpc) is 2.26. The van der Waals surface area contributed by atoms with Gasteiger partial charge in [0.25, 0.3) is 0 Å². The van der Waals surface area contributed by atoms with Crippen molar-refractivity contribution in [3.05, 3.63) is 29.8 Å². The minimum absolute atomic E-state index is 0.258. The van der Waals surface area contributed by atoms with Crippen LogP contribution in [0.2, 0.25) is 0 Å². The van der Waals surface area contributed by atoms with Gasteiger partial charge in [-0.1, -0.05) is 12.1 Å². The summed E-state index contributed by atoms with van der Waals surface area (Å²) in [6, 6.07) is 5.30. The molecule has 1 atom stereocenters. The minimum atomic E-state index is -4.70. The molecule has 1 aromatic carbocycles. The van der Waals surface area contributed by atoms with Crippen molar-refractivity contribution in [3.63, 3.8) is 0 Å². The Kier molecular flexibility index (Phi) is 3.73. The summed E-state index contributed by atoms with van der Waals surface area (Å²) < 4.78 is 45.9. The van der Waals surface area contributed by atoms with Gasteiger partial charge in [0.2, 0.25) is 0 Å². The third kappa shape index (κ3) is 3.01. The number of hydrogen-bond acceptors (Lipinski definition) is 3. The van der Waals surface area contributed by atoms with Crippen molar-refractivity contribution >= 4 is 0 Å². The predicted octanol–water partition coefficient (Wildman–Crippen LogP) is 3.15. The van der Waals surface area contributed by atoms with Gasteiger partial charge in [-0.25, -0.2) is 0 Å². The Hall–Kier alpha value is -1.27. The van der Waals surface area contributed by atoms with Gasteiger partial charge in [-0.15, -0.1) is 13.2 Å². The average molecular weight is 275 g/mol. The standard InChI is InChI=1S/C13H16F3NO2/c1-18-12(6-3-7-12)11(17)9-4-2-5-10(8-9)19-13(14,15)16/h2,4-5,8,11H,3,6-7,17H2,1H3. The summed E-state index contributed by atoms with van der Waals surface area (Å²) >= 11 is 0. The van der Waals surface area contributed by atoms with E-state index in [2.05, 4.69) is 4.74 Å². The molecule has 1 aliphatic rings. The Balaban J connectivity index is 2.18. The van der Waals surface area contributed by atoms with E-state index in [1.807, 2.05) is 0 Å². The Bertz CT molecular complexity index is 438. The molecule has 6 heteroatoms. The third-order valence-electron chi connectivity index (χ3n) is 3.62. The summed E-state index contributed by atoms with van der Waals surface area (Å²) in [4.78, 5) is 0. The van der Waals surface area contributed by atoms with Crippen LogP contribution in [0.15, 0.2) is 24.3 Å². The number of rotatable bonds is 4. The highest BCUT2D eigenvalue weighted by atomic mass is 19.4. The second-order valence-electron chi connectivity index (χ2n) is 4.72. The van der Waals surface area contributed by atoms with E-state index in [0.717, 1.165) is 19.3 Å². The lowest BCUT2D eigenvalue weighted by molar-refractivity contribution is -0.274. The molecule has 0 saturated heterocycles. The van der Waals surface area contributed by atoms with E-state index < -0.39 is 18.0 Å². The maximum atomic E-state index is 12.2. The lowest BCUT2D eigenvalue weighted by Gasteiger charge is -2.45. The molecular formula is C13H16F3NO2. The lowest BCUT2D eigenvalue weighted by Crippen LogP contribution is -2.48. The molecule has 1 unspecified atom stereocenters. The van der Waals surface area contributed by atoms with Crippen LogP contribution in [0.1, 0.15) is 30.9 Å². The summed E-state index contributed by atoms with van der Waals surface area (Å²) in [7, 11) is 1.58. The monoisotopic (exact) mass is 275 g/mol. The van der Waals surface area contributed by atoms with Gasteiger partial charge < -0.3 is 15.2 Å². The maximum absolute atomic E-state index is 12.2. The summed E-state index contributed by atoms with van der Waals surface area (Å²) in [6.45, 7) is 0. The summed E-state index contributed by atoms with van der Waals surface area (Å²) in [5.41, 5.74) is 6.24. The first-order valence-electron chi connectivity index (χ1n) is 6.03. The molecule has 19 heavy (non-hydrogen) atoms. The molecule has 3 nitrogen and oxygen atoms in total. The van der Waals surface area contributed by atoms with Crippen LogP contribution in [0, 0.1) is 0 Å². The van der Waals surface area contributed by atoms with E-state index in [1.165, 1.54) is 18.2 Å². The molecular weight excluding hydrogens is 259 g/mol. The SMILES string of the molecule is COC1(C(N)c2cccc(OC(F)(F)F)c2)CCC1. The topological polar surface area (TPSA) is 44.5 Å². The fourth-order valence-corrected chi connectivity index (χ4v) is 2.38. The van der Waals surface area contributed by atoms with Gasteiger partial charge in [-0.3, -0.25) is 0 Å². The molecule has 1 aliphatic carbocycles. The second kappa shape index (κ2) is 5.02. The van der Waals surface area contributed by atoms with Gasteiger partial charge in [-0.2, -0.15) is 0 Å². The van der Waals surface area contributed by atoms with Crippen LogP contribution in [0.3, 0.4) is 0 Å². The van der Waals surface area contributed by atoms with Crippen molar-refractivity contribution in [1.29, 1.82) is 0 Å². The zero-order valence-electron chi connectivity index (χ0n) is 10.5. The zero-order valence-corrected chi connectivity index (χ0v) is 10.5. The second-order valence-corrected chi connectivity index (χ2v) is 4.72. The molecule has 1 fully saturated rings. The van der Waals surface area contributed by atoms with Crippen LogP contribution in [0.5, 0.6) is 5.75 Å². The summed E-state index contributed by atoms with van der Waals surface area (Å²) in [5, 5.41) is 0. The number of nitrogens with two attached hydrogens (primary N) is 1. The van der Waals surface area contributed by atoms with Crippen LogP contribution in [-0.4, -0.2) is 19.1 Å². The first kappa shape index (κ1) is 14.1. The molecule has 106 valence electrons. The predicted molar refractivity (Wildman–Crippen MR) is 63.6 cm³/mol. The van der Waals surface area contributed by atoms with Gasteiger partial charge in [0.05, 0.1) is 11.6 Å². The zero-order chi connectivity index (χ0) is 14.1. The summed E-state index contributed by atoms with van der Waals surface area (Å²) in [5.74, 6) is -0.258. The van der Waals surface area contributed by atoms with Crippen molar-refractivity contribution < 1.29 is 22.6 Å². The van der Waals surface area contributed by atoms with E-state index in [4.69, 9.17) is 10.5 Å². The molecule has 2 rings (SSSR count). The maximum Gasteiger partial charge on any atom is 0.573 e. The minimum Gasteiger partial charge on any atom is -0.406 e. The van der Waals surface area contributed by atoms with Gasteiger partial charge in [0.15, 0.2) is 0 Å². The molecule has 0 aliphatic heterocycles.